The standard InChI is InChI=1S/C15H14N2O/c18-15(9-11-3-6-16-7-4-11)13-1-2-14-12(10-13)5-8-17-14/h1-4,6-7,10,17H,5,8-9H2. The van der Waals surface area contributed by atoms with E-state index in [1.807, 2.05) is 30.3 Å². The highest BCUT2D eigenvalue weighted by molar-refractivity contribution is 5.98. The number of carbonyl (C=O) groups excluding carboxylic acids is 1. The van der Waals surface area contributed by atoms with Crippen molar-refractivity contribution in [2.45, 2.75) is 12.8 Å². The van der Waals surface area contributed by atoms with Gasteiger partial charge in [0.15, 0.2) is 5.78 Å². The van der Waals surface area contributed by atoms with Gasteiger partial charge in [0, 0.05) is 36.6 Å². The van der Waals surface area contributed by atoms with Crippen LogP contribution < -0.4 is 5.32 Å². The Balaban J connectivity index is 1.81. The van der Waals surface area contributed by atoms with E-state index in [2.05, 4.69) is 10.3 Å². The van der Waals surface area contributed by atoms with Gasteiger partial charge in [-0.15, -0.1) is 0 Å². The first-order chi connectivity index (χ1) is 8.83. The molecular weight excluding hydrogens is 224 g/mol. The maximum absolute atomic E-state index is 12.2. The number of Topliss-reactive ketones (excluding diaryl/α,β-unsaturated/α-hetero) is 1. The molecule has 1 aliphatic heterocycles. The molecule has 0 amide bonds. The molecule has 0 bridgehead atoms. The highest BCUT2D eigenvalue weighted by Gasteiger charge is 2.13. The number of hydrogen-bond acceptors (Lipinski definition) is 3. The molecule has 0 saturated heterocycles. The molecule has 1 aliphatic rings. The molecule has 2 aromatic rings. The molecule has 0 saturated carbocycles. The third-order valence-electron chi connectivity index (χ3n) is 3.25. The third-order valence-corrected chi connectivity index (χ3v) is 3.25. The Morgan fingerprint density at radius 1 is 1.22 bits per heavy atom. The van der Waals surface area contributed by atoms with Gasteiger partial charge in [0.25, 0.3) is 0 Å². The summed E-state index contributed by atoms with van der Waals surface area (Å²) < 4.78 is 0. The van der Waals surface area contributed by atoms with Crippen LogP contribution in [0.15, 0.2) is 42.7 Å². The number of fused-ring (bicyclic) bond motifs is 1. The number of hydrogen-bond donors (Lipinski definition) is 1. The molecule has 0 radical (unpaired) electrons. The minimum Gasteiger partial charge on any atom is -0.384 e. The first-order valence-electron chi connectivity index (χ1n) is 6.12. The summed E-state index contributed by atoms with van der Waals surface area (Å²) in [6, 6.07) is 9.68. The van der Waals surface area contributed by atoms with Crippen molar-refractivity contribution >= 4 is 11.5 Å². The second-order valence-corrected chi connectivity index (χ2v) is 4.50. The van der Waals surface area contributed by atoms with Gasteiger partial charge in [-0.3, -0.25) is 9.78 Å². The number of carbonyl (C=O) groups is 1. The van der Waals surface area contributed by atoms with Crippen molar-refractivity contribution in [2.24, 2.45) is 0 Å². The maximum atomic E-state index is 12.2. The lowest BCUT2D eigenvalue weighted by Gasteiger charge is -2.04. The van der Waals surface area contributed by atoms with Crippen molar-refractivity contribution in [1.82, 2.24) is 4.98 Å². The number of benzene rings is 1. The number of nitrogens with one attached hydrogen (secondary N) is 1. The average molecular weight is 238 g/mol. The van der Waals surface area contributed by atoms with Crippen LogP contribution in [0, 0.1) is 0 Å². The largest absolute Gasteiger partial charge is 0.384 e. The SMILES string of the molecule is O=C(Cc1ccncc1)c1ccc2c(c1)CCN2. The Morgan fingerprint density at radius 2 is 2.06 bits per heavy atom. The highest BCUT2D eigenvalue weighted by Crippen LogP contribution is 2.23. The van der Waals surface area contributed by atoms with Gasteiger partial charge in [-0.05, 0) is 47.9 Å². The Bertz CT molecular complexity index is 578. The number of nitrogens with zero attached hydrogens (tertiary/aromatic N) is 1. The summed E-state index contributed by atoms with van der Waals surface area (Å²) in [4.78, 5) is 16.1. The first-order valence-corrected chi connectivity index (χ1v) is 6.12. The van der Waals surface area contributed by atoms with Crippen LogP contribution in [0.1, 0.15) is 21.5 Å². The third kappa shape index (κ3) is 2.12. The van der Waals surface area contributed by atoms with E-state index in [-0.39, 0.29) is 5.78 Å². The molecule has 0 unspecified atom stereocenters. The Morgan fingerprint density at radius 3 is 2.89 bits per heavy atom. The molecule has 1 aromatic carbocycles. The van der Waals surface area contributed by atoms with Crippen molar-refractivity contribution in [3.63, 3.8) is 0 Å². The molecule has 3 heteroatoms. The smallest absolute Gasteiger partial charge is 0.167 e. The second kappa shape index (κ2) is 4.61. The molecule has 3 rings (SSSR count). The number of ketones is 1. The highest BCUT2D eigenvalue weighted by atomic mass is 16.1. The van der Waals surface area contributed by atoms with Gasteiger partial charge < -0.3 is 5.32 Å². The molecule has 1 aromatic heterocycles. The van der Waals surface area contributed by atoms with E-state index in [9.17, 15) is 4.79 Å². The minimum atomic E-state index is 0.163. The Hall–Kier alpha value is -2.16. The normalized spacial score (nSPS) is 12.9. The summed E-state index contributed by atoms with van der Waals surface area (Å²) in [5, 5.41) is 3.30. The predicted octanol–water partition coefficient (Wildman–Crippen LogP) is 2.47. The lowest BCUT2D eigenvalue weighted by atomic mass is 10.0. The monoisotopic (exact) mass is 238 g/mol. The van der Waals surface area contributed by atoms with E-state index in [0.717, 1.165) is 29.8 Å². The lowest BCUT2D eigenvalue weighted by molar-refractivity contribution is 0.0993. The zero-order chi connectivity index (χ0) is 12.4. The molecule has 0 aliphatic carbocycles. The van der Waals surface area contributed by atoms with Crippen molar-refractivity contribution in [3.05, 3.63) is 59.4 Å². The van der Waals surface area contributed by atoms with E-state index >= 15 is 0 Å². The summed E-state index contributed by atoms with van der Waals surface area (Å²) in [7, 11) is 0. The summed E-state index contributed by atoms with van der Waals surface area (Å²) in [6.45, 7) is 0.970. The number of rotatable bonds is 3. The van der Waals surface area contributed by atoms with Crippen LogP contribution in [0.4, 0.5) is 5.69 Å². The Labute approximate surface area is 106 Å². The molecule has 0 spiro atoms. The van der Waals surface area contributed by atoms with Crippen LogP contribution in [0.25, 0.3) is 0 Å². The second-order valence-electron chi connectivity index (χ2n) is 4.50. The maximum Gasteiger partial charge on any atom is 0.167 e. The zero-order valence-electron chi connectivity index (χ0n) is 10.0. The van der Waals surface area contributed by atoms with E-state index in [4.69, 9.17) is 0 Å². The summed E-state index contributed by atoms with van der Waals surface area (Å²) in [5.74, 6) is 0.163. The minimum absolute atomic E-state index is 0.163. The molecule has 3 nitrogen and oxygen atoms in total. The summed E-state index contributed by atoms with van der Waals surface area (Å²) >= 11 is 0. The van der Waals surface area contributed by atoms with Gasteiger partial charge >= 0.3 is 0 Å². The van der Waals surface area contributed by atoms with Crippen molar-refractivity contribution in [2.75, 3.05) is 11.9 Å². The molecular formula is C15H14N2O. The van der Waals surface area contributed by atoms with Crippen molar-refractivity contribution < 1.29 is 4.79 Å². The fourth-order valence-corrected chi connectivity index (χ4v) is 2.27. The van der Waals surface area contributed by atoms with Crippen molar-refractivity contribution in [3.8, 4) is 0 Å². The molecule has 1 N–H and O–H groups in total. The van der Waals surface area contributed by atoms with Crippen LogP contribution in [0.3, 0.4) is 0 Å². The van der Waals surface area contributed by atoms with Crippen LogP contribution >= 0.6 is 0 Å². The van der Waals surface area contributed by atoms with E-state index in [1.54, 1.807) is 12.4 Å². The molecule has 18 heavy (non-hydrogen) atoms. The lowest BCUT2D eigenvalue weighted by Crippen LogP contribution is -2.04. The topological polar surface area (TPSA) is 42.0 Å². The van der Waals surface area contributed by atoms with E-state index in [1.165, 1.54) is 5.56 Å². The van der Waals surface area contributed by atoms with Gasteiger partial charge in [0.1, 0.15) is 0 Å². The van der Waals surface area contributed by atoms with E-state index in [0.29, 0.717) is 6.42 Å². The van der Waals surface area contributed by atoms with Gasteiger partial charge in [0.2, 0.25) is 0 Å². The number of pyridine rings is 1. The van der Waals surface area contributed by atoms with Crippen LogP contribution in [-0.4, -0.2) is 17.3 Å². The number of aromatic nitrogens is 1. The van der Waals surface area contributed by atoms with E-state index < -0.39 is 0 Å². The van der Waals surface area contributed by atoms with Crippen LogP contribution in [-0.2, 0) is 12.8 Å². The molecule has 90 valence electrons. The van der Waals surface area contributed by atoms with Gasteiger partial charge in [-0.2, -0.15) is 0 Å². The predicted molar refractivity (Wildman–Crippen MR) is 70.9 cm³/mol. The molecule has 2 heterocycles. The van der Waals surface area contributed by atoms with Gasteiger partial charge in [-0.1, -0.05) is 0 Å². The summed E-state index contributed by atoms with van der Waals surface area (Å²) in [5.41, 5.74) is 4.22. The fourth-order valence-electron chi connectivity index (χ4n) is 2.27. The molecule has 0 fully saturated rings. The molecule has 0 atom stereocenters. The van der Waals surface area contributed by atoms with Gasteiger partial charge in [0.05, 0.1) is 0 Å². The average Bonchev–Trinajstić information content (AvgIpc) is 2.87. The van der Waals surface area contributed by atoms with Crippen molar-refractivity contribution in [1.29, 1.82) is 0 Å². The fraction of sp³-hybridized carbons (Fsp3) is 0.200. The zero-order valence-corrected chi connectivity index (χ0v) is 10.0. The Kier molecular flexibility index (Phi) is 2.81. The van der Waals surface area contributed by atoms with Crippen LogP contribution in [0.5, 0.6) is 0 Å². The number of anilines is 1. The summed E-state index contributed by atoms with van der Waals surface area (Å²) in [6.07, 6.45) is 4.88. The van der Waals surface area contributed by atoms with Crippen LogP contribution in [0.2, 0.25) is 0 Å². The van der Waals surface area contributed by atoms with Gasteiger partial charge in [-0.25, -0.2) is 0 Å². The first kappa shape index (κ1) is 11.0. The quantitative estimate of drug-likeness (QED) is 0.835.